The van der Waals surface area contributed by atoms with Crippen molar-refractivity contribution in [3.05, 3.63) is 28.7 Å². The highest BCUT2D eigenvalue weighted by atomic mass is 16.3. The molecule has 0 aliphatic heterocycles. The van der Waals surface area contributed by atoms with Gasteiger partial charge < -0.3 is 10.4 Å². The predicted octanol–water partition coefficient (Wildman–Crippen LogP) is 2.89. The minimum Gasteiger partial charge on any atom is -0.394 e. The van der Waals surface area contributed by atoms with Crippen molar-refractivity contribution in [2.45, 2.75) is 65.0 Å². The largest absolute Gasteiger partial charge is 0.394 e. The molecule has 24 heavy (non-hydrogen) atoms. The summed E-state index contributed by atoms with van der Waals surface area (Å²) in [6, 6.07) is 2.21. The number of anilines is 1. The Morgan fingerprint density at radius 2 is 1.96 bits per heavy atom. The molecule has 1 aliphatic carbocycles. The lowest BCUT2D eigenvalue weighted by Crippen LogP contribution is -2.08. The van der Waals surface area contributed by atoms with Gasteiger partial charge in [-0.1, -0.05) is 19.3 Å². The third kappa shape index (κ3) is 3.48. The van der Waals surface area contributed by atoms with Gasteiger partial charge in [-0.3, -0.25) is 9.36 Å². The Morgan fingerprint density at radius 1 is 1.21 bits per heavy atom. The summed E-state index contributed by atoms with van der Waals surface area (Å²) in [6.07, 6.45) is 6.55. The van der Waals surface area contributed by atoms with Crippen LogP contribution in [0.5, 0.6) is 0 Å². The van der Waals surface area contributed by atoms with Crippen molar-refractivity contribution < 1.29 is 5.11 Å². The second kappa shape index (κ2) is 7.38. The molecule has 0 aromatic carbocycles. The van der Waals surface area contributed by atoms with Crippen LogP contribution in [-0.2, 0) is 20.1 Å². The summed E-state index contributed by atoms with van der Waals surface area (Å²) < 4.78 is 3.83. The van der Waals surface area contributed by atoms with Crippen LogP contribution in [0.15, 0.2) is 6.07 Å². The van der Waals surface area contributed by atoms with E-state index in [0.29, 0.717) is 12.5 Å². The molecule has 0 amide bonds. The van der Waals surface area contributed by atoms with E-state index in [0.717, 1.165) is 23.8 Å². The van der Waals surface area contributed by atoms with E-state index in [-0.39, 0.29) is 6.61 Å². The van der Waals surface area contributed by atoms with Gasteiger partial charge in [-0.05, 0) is 26.7 Å². The number of hydrogen-bond donors (Lipinski definition) is 2. The average Bonchev–Trinajstić information content (AvgIpc) is 3.08. The van der Waals surface area contributed by atoms with Gasteiger partial charge in [0.2, 0.25) is 0 Å². The molecule has 0 saturated heterocycles. The number of aliphatic hydroxyl groups excluding tert-OH is 1. The van der Waals surface area contributed by atoms with Crippen LogP contribution in [0.4, 0.5) is 5.82 Å². The van der Waals surface area contributed by atoms with Crippen LogP contribution in [0.1, 0.15) is 60.7 Å². The maximum atomic E-state index is 9.13. The number of aryl methyl sites for hydroxylation is 2. The normalized spacial score (nSPS) is 15.8. The fourth-order valence-electron chi connectivity index (χ4n) is 3.73. The fraction of sp³-hybridized carbons (Fsp3) is 0.667. The zero-order valence-electron chi connectivity index (χ0n) is 15.0. The second-order valence-electron chi connectivity index (χ2n) is 6.86. The number of aliphatic hydroxyl groups is 1. The van der Waals surface area contributed by atoms with E-state index in [9.17, 15) is 0 Å². The van der Waals surface area contributed by atoms with E-state index in [4.69, 9.17) is 10.2 Å². The molecule has 0 atom stereocenters. The summed E-state index contributed by atoms with van der Waals surface area (Å²) in [4.78, 5) is 0. The van der Waals surface area contributed by atoms with Gasteiger partial charge in [0.05, 0.1) is 24.5 Å². The van der Waals surface area contributed by atoms with Crippen LogP contribution in [0, 0.1) is 13.8 Å². The summed E-state index contributed by atoms with van der Waals surface area (Å²) in [5.41, 5.74) is 4.56. The standard InChI is InChI=1S/C18H29N5O/c1-13-16(14(2)23(20-13)9-10-24)12-19-18-11-17(21-22(18)3)15-7-5-4-6-8-15/h11,15,19,24H,4-10,12H2,1-3H3. The molecule has 2 N–H and O–H groups in total. The van der Waals surface area contributed by atoms with Gasteiger partial charge in [0.15, 0.2) is 0 Å². The Hall–Kier alpha value is -1.82. The number of nitrogens with zero attached hydrogens (tertiary/aromatic N) is 4. The van der Waals surface area contributed by atoms with Crippen molar-refractivity contribution in [1.82, 2.24) is 19.6 Å². The van der Waals surface area contributed by atoms with Crippen molar-refractivity contribution in [3.63, 3.8) is 0 Å². The van der Waals surface area contributed by atoms with Gasteiger partial charge in [0.1, 0.15) is 5.82 Å². The Morgan fingerprint density at radius 3 is 2.67 bits per heavy atom. The third-order valence-electron chi connectivity index (χ3n) is 5.21. The van der Waals surface area contributed by atoms with E-state index in [1.807, 2.05) is 23.3 Å². The molecule has 6 nitrogen and oxygen atoms in total. The summed E-state index contributed by atoms with van der Waals surface area (Å²) in [5.74, 6) is 1.68. The number of nitrogens with one attached hydrogen (secondary N) is 1. The Balaban J connectivity index is 1.70. The Kier molecular flexibility index (Phi) is 5.23. The summed E-state index contributed by atoms with van der Waals surface area (Å²) in [7, 11) is 2.00. The molecule has 3 rings (SSSR count). The van der Waals surface area contributed by atoms with Crippen LogP contribution in [0.3, 0.4) is 0 Å². The van der Waals surface area contributed by atoms with Gasteiger partial charge in [-0.2, -0.15) is 10.2 Å². The van der Waals surface area contributed by atoms with E-state index in [1.54, 1.807) is 0 Å². The number of hydrogen-bond acceptors (Lipinski definition) is 4. The first-order valence-electron chi connectivity index (χ1n) is 9.01. The quantitative estimate of drug-likeness (QED) is 0.854. The first kappa shape index (κ1) is 17.0. The molecule has 2 aromatic heterocycles. The van der Waals surface area contributed by atoms with Crippen molar-refractivity contribution in [3.8, 4) is 0 Å². The third-order valence-corrected chi connectivity index (χ3v) is 5.21. The summed E-state index contributed by atoms with van der Waals surface area (Å²) in [6.45, 7) is 5.47. The monoisotopic (exact) mass is 331 g/mol. The summed E-state index contributed by atoms with van der Waals surface area (Å²) in [5, 5.41) is 21.9. The molecular formula is C18H29N5O. The molecule has 0 spiro atoms. The molecule has 2 heterocycles. The lowest BCUT2D eigenvalue weighted by atomic mass is 9.87. The highest BCUT2D eigenvalue weighted by Gasteiger charge is 2.19. The van der Waals surface area contributed by atoms with Crippen molar-refractivity contribution in [1.29, 1.82) is 0 Å². The van der Waals surface area contributed by atoms with E-state index < -0.39 is 0 Å². The highest BCUT2D eigenvalue weighted by Crippen LogP contribution is 2.32. The molecule has 6 heteroatoms. The fourth-order valence-corrected chi connectivity index (χ4v) is 3.73. The zero-order chi connectivity index (χ0) is 17.1. The van der Waals surface area contributed by atoms with Gasteiger partial charge >= 0.3 is 0 Å². The van der Waals surface area contributed by atoms with E-state index in [1.165, 1.54) is 43.4 Å². The minimum atomic E-state index is 0.112. The summed E-state index contributed by atoms with van der Waals surface area (Å²) >= 11 is 0. The minimum absolute atomic E-state index is 0.112. The first-order valence-corrected chi connectivity index (χ1v) is 9.01. The lowest BCUT2D eigenvalue weighted by Gasteiger charge is -2.19. The van der Waals surface area contributed by atoms with Gasteiger partial charge in [0, 0.05) is 36.8 Å². The van der Waals surface area contributed by atoms with Crippen molar-refractivity contribution >= 4 is 5.82 Å². The van der Waals surface area contributed by atoms with Crippen molar-refractivity contribution in [2.75, 3.05) is 11.9 Å². The smallest absolute Gasteiger partial charge is 0.124 e. The molecule has 0 bridgehead atoms. The molecule has 0 radical (unpaired) electrons. The van der Waals surface area contributed by atoms with E-state index >= 15 is 0 Å². The van der Waals surface area contributed by atoms with Crippen molar-refractivity contribution in [2.24, 2.45) is 7.05 Å². The SMILES string of the molecule is Cc1nn(CCO)c(C)c1CNc1cc(C2CCCCC2)nn1C. The highest BCUT2D eigenvalue weighted by molar-refractivity contribution is 5.40. The van der Waals surface area contributed by atoms with Gasteiger partial charge in [-0.25, -0.2) is 0 Å². The maximum absolute atomic E-state index is 9.13. The van der Waals surface area contributed by atoms with Gasteiger partial charge in [-0.15, -0.1) is 0 Å². The maximum Gasteiger partial charge on any atom is 0.124 e. The number of rotatable bonds is 6. The van der Waals surface area contributed by atoms with Gasteiger partial charge in [0.25, 0.3) is 0 Å². The molecule has 132 valence electrons. The topological polar surface area (TPSA) is 67.9 Å². The lowest BCUT2D eigenvalue weighted by molar-refractivity contribution is 0.268. The average molecular weight is 331 g/mol. The molecule has 1 aliphatic rings. The van der Waals surface area contributed by atoms with Crippen LogP contribution in [-0.4, -0.2) is 31.3 Å². The molecule has 1 saturated carbocycles. The first-order chi connectivity index (χ1) is 11.6. The van der Waals surface area contributed by atoms with Crippen LogP contribution in [0.2, 0.25) is 0 Å². The number of aromatic nitrogens is 4. The second-order valence-corrected chi connectivity index (χ2v) is 6.86. The molecule has 2 aromatic rings. The van der Waals surface area contributed by atoms with E-state index in [2.05, 4.69) is 23.4 Å². The predicted molar refractivity (Wildman–Crippen MR) is 95.1 cm³/mol. The molecule has 0 unspecified atom stereocenters. The van der Waals surface area contributed by atoms with Crippen LogP contribution >= 0.6 is 0 Å². The van der Waals surface area contributed by atoms with Crippen LogP contribution < -0.4 is 5.32 Å². The zero-order valence-corrected chi connectivity index (χ0v) is 15.0. The molecule has 1 fully saturated rings. The Labute approximate surface area is 143 Å². The van der Waals surface area contributed by atoms with Crippen LogP contribution in [0.25, 0.3) is 0 Å². The molecular weight excluding hydrogens is 302 g/mol. The Bertz CT molecular complexity index is 682.